The summed E-state index contributed by atoms with van der Waals surface area (Å²) in [6.45, 7) is 1.96. The number of aliphatic imine (C=N–C) groups is 1. The first kappa shape index (κ1) is 19.9. The number of rotatable bonds is 3. The molecule has 1 fully saturated rings. The zero-order chi connectivity index (χ0) is 20.3. The third kappa shape index (κ3) is 4.01. The van der Waals surface area contributed by atoms with Crippen molar-refractivity contribution in [2.45, 2.75) is 45.5 Å². The van der Waals surface area contributed by atoms with E-state index in [1.54, 1.807) is 30.3 Å². The summed E-state index contributed by atoms with van der Waals surface area (Å²) in [6, 6.07) is 10.7. The molecule has 0 radical (unpaired) electrons. The van der Waals surface area contributed by atoms with Crippen molar-refractivity contribution in [1.82, 2.24) is 4.57 Å². The van der Waals surface area contributed by atoms with Gasteiger partial charge < -0.3 is 0 Å². The minimum absolute atomic E-state index is 0.102. The van der Waals surface area contributed by atoms with E-state index in [-0.39, 0.29) is 18.3 Å². The van der Waals surface area contributed by atoms with Crippen LogP contribution in [0, 0.1) is 17.2 Å². The van der Waals surface area contributed by atoms with E-state index in [0.29, 0.717) is 5.56 Å². The molecule has 7 heteroatoms. The summed E-state index contributed by atoms with van der Waals surface area (Å²) in [4.78, 5) is 17.3. The Balaban J connectivity index is 2.18. The normalized spacial score (nSPS) is 18.8. The van der Waals surface area contributed by atoms with Gasteiger partial charge in [0.2, 0.25) is 0 Å². The average Bonchev–Trinajstić information content (AvgIpc) is 2.67. The number of nitriles is 1. The lowest BCUT2D eigenvalue weighted by Gasteiger charge is -2.21. The van der Waals surface area contributed by atoms with Crippen LogP contribution in [0.15, 0.2) is 46.2 Å². The number of hydrogen-bond donors (Lipinski definition) is 0. The van der Waals surface area contributed by atoms with Crippen molar-refractivity contribution in [1.29, 1.82) is 5.26 Å². The Bertz CT molecular complexity index is 985. The maximum Gasteiger partial charge on any atom is 0.417 e. The highest BCUT2D eigenvalue weighted by Gasteiger charge is 2.36. The number of alkyl halides is 3. The number of pyridine rings is 1. The monoisotopic (exact) mass is 387 g/mol. The molecule has 2 aromatic rings. The first-order chi connectivity index (χ1) is 13.3. The van der Waals surface area contributed by atoms with Crippen LogP contribution < -0.4 is 5.56 Å². The van der Waals surface area contributed by atoms with Crippen molar-refractivity contribution in [3.8, 4) is 17.3 Å². The van der Waals surface area contributed by atoms with Crippen molar-refractivity contribution in [3.05, 3.63) is 57.9 Å². The van der Waals surface area contributed by atoms with Crippen molar-refractivity contribution in [2.75, 3.05) is 0 Å². The second-order valence-electron chi connectivity index (χ2n) is 6.96. The number of aromatic nitrogens is 1. The lowest BCUT2D eigenvalue weighted by atomic mass is 9.89. The van der Waals surface area contributed by atoms with E-state index in [0.717, 1.165) is 42.0 Å². The van der Waals surface area contributed by atoms with Gasteiger partial charge in [-0.2, -0.15) is 18.4 Å². The average molecular weight is 387 g/mol. The van der Waals surface area contributed by atoms with Gasteiger partial charge in [-0.25, -0.2) is 0 Å². The van der Waals surface area contributed by atoms with Gasteiger partial charge in [0, 0.05) is 5.71 Å². The number of nitrogens with zero attached hydrogens (tertiary/aromatic N) is 3. The zero-order valence-electron chi connectivity index (χ0n) is 15.5. The Morgan fingerprint density at radius 1 is 1.25 bits per heavy atom. The number of halogens is 3. The van der Waals surface area contributed by atoms with Gasteiger partial charge >= 0.3 is 6.18 Å². The molecule has 28 heavy (non-hydrogen) atoms. The molecule has 1 aromatic carbocycles. The first-order valence-corrected chi connectivity index (χ1v) is 9.16. The molecule has 0 saturated heterocycles. The molecule has 0 N–H and O–H groups in total. The van der Waals surface area contributed by atoms with Crippen LogP contribution in [-0.4, -0.2) is 10.3 Å². The van der Waals surface area contributed by atoms with Gasteiger partial charge in [0.15, 0.2) is 0 Å². The second-order valence-corrected chi connectivity index (χ2v) is 6.96. The molecule has 146 valence electrons. The number of hydrogen-bond acceptors (Lipinski definition) is 3. The molecule has 1 saturated carbocycles. The first-order valence-electron chi connectivity index (χ1n) is 9.16. The fraction of sp³-hybridized carbons (Fsp3) is 0.381. The van der Waals surface area contributed by atoms with Gasteiger partial charge in [0.25, 0.3) is 5.56 Å². The Hall–Kier alpha value is -2.88. The van der Waals surface area contributed by atoms with Gasteiger partial charge in [-0.05, 0) is 36.8 Å². The predicted octanol–water partition coefficient (Wildman–Crippen LogP) is 5.01. The maximum atomic E-state index is 13.4. The molecule has 3 rings (SSSR count). The van der Waals surface area contributed by atoms with E-state index in [2.05, 4.69) is 11.9 Å². The van der Waals surface area contributed by atoms with Crippen molar-refractivity contribution >= 4 is 5.71 Å². The summed E-state index contributed by atoms with van der Waals surface area (Å²) in [7, 11) is 0. The van der Waals surface area contributed by atoms with Crippen LogP contribution in [0.1, 0.15) is 43.7 Å². The van der Waals surface area contributed by atoms with E-state index in [1.807, 2.05) is 0 Å². The van der Waals surface area contributed by atoms with E-state index in [9.17, 15) is 23.2 Å². The van der Waals surface area contributed by atoms with Gasteiger partial charge in [0.05, 0.1) is 11.3 Å². The third-order valence-electron chi connectivity index (χ3n) is 5.09. The van der Waals surface area contributed by atoms with Crippen molar-refractivity contribution in [2.24, 2.45) is 10.9 Å². The van der Waals surface area contributed by atoms with Crippen LogP contribution in [0.25, 0.3) is 11.3 Å². The van der Waals surface area contributed by atoms with Crippen LogP contribution in [0.4, 0.5) is 13.2 Å². The van der Waals surface area contributed by atoms with Crippen LogP contribution in [0.5, 0.6) is 0 Å². The minimum Gasteiger partial charge on any atom is -0.287 e. The van der Waals surface area contributed by atoms with Crippen LogP contribution in [-0.2, 0) is 12.8 Å². The fourth-order valence-electron chi connectivity index (χ4n) is 3.53. The topological polar surface area (TPSA) is 58.1 Å². The highest BCUT2D eigenvalue weighted by molar-refractivity contribution is 5.87. The molecule has 1 aromatic heterocycles. The third-order valence-corrected chi connectivity index (χ3v) is 5.09. The van der Waals surface area contributed by atoms with Crippen LogP contribution in [0.3, 0.4) is 0 Å². The lowest BCUT2D eigenvalue weighted by Crippen LogP contribution is -2.28. The van der Waals surface area contributed by atoms with Gasteiger partial charge in [-0.15, -0.1) is 0 Å². The van der Waals surface area contributed by atoms with Gasteiger partial charge in [-0.1, -0.05) is 43.7 Å². The Morgan fingerprint density at radius 2 is 1.96 bits per heavy atom. The van der Waals surface area contributed by atoms with E-state index >= 15 is 0 Å². The molecule has 0 amide bonds. The molecule has 1 atom stereocenters. The molecule has 0 spiro atoms. The van der Waals surface area contributed by atoms with Crippen molar-refractivity contribution < 1.29 is 13.2 Å². The van der Waals surface area contributed by atoms with Gasteiger partial charge in [0.1, 0.15) is 18.3 Å². The summed E-state index contributed by atoms with van der Waals surface area (Å²) < 4.78 is 41.5. The summed E-state index contributed by atoms with van der Waals surface area (Å²) in [5.41, 5.74) is -1.55. The van der Waals surface area contributed by atoms with Crippen molar-refractivity contribution in [3.63, 3.8) is 0 Å². The SMILES string of the molecule is CC1CCCCC1=NCn1c(-c2ccccc2)cc(C(F)(F)F)c(C#N)c1=O. The van der Waals surface area contributed by atoms with Crippen LogP contribution >= 0.6 is 0 Å². The molecule has 0 aliphatic heterocycles. The molecule has 1 unspecified atom stereocenters. The Labute approximate surface area is 161 Å². The summed E-state index contributed by atoms with van der Waals surface area (Å²) in [5, 5.41) is 9.21. The molecule has 0 bridgehead atoms. The zero-order valence-corrected chi connectivity index (χ0v) is 15.5. The molecular weight excluding hydrogens is 367 g/mol. The van der Waals surface area contributed by atoms with Crippen LogP contribution in [0.2, 0.25) is 0 Å². The second kappa shape index (κ2) is 8.01. The summed E-state index contributed by atoms with van der Waals surface area (Å²) in [6.07, 6.45) is -0.830. The maximum absolute atomic E-state index is 13.4. The van der Waals surface area contributed by atoms with E-state index < -0.39 is 22.9 Å². The summed E-state index contributed by atoms with van der Waals surface area (Å²) in [5.74, 6) is 0.287. The lowest BCUT2D eigenvalue weighted by molar-refractivity contribution is -0.137. The smallest absolute Gasteiger partial charge is 0.287 e. The highest BCUT2D eigenvalue weighted by atomic mass is 19.4. The standard InChI is InChI=1S/C21H20F3N3O/c1-14-7-5-6-10-18(14)26-13-27-19(15-8-3-2-4-9-15)11-17(21(22,23)24)16(12-25)20(27)28/h2-4,8-9,11,14H,5-7,10,13H2,1H3. The minimum atomic E-state index is -4.80. The van der Waals surface area contributed by atoms with E-state index in [4.69, 9.17) is 0 Å². The molecule has 1 aliphatic rings. The molecule has 4 nitrogen and oxygen atoms in total. The Morgan fingerprint density at radius 3 is 2.57 bits per heavy atom. The van der Waals surface area contributed by atoms with E-state index in [1.165, 1.54) is 6.07 Å². The predicted molar refractivity (Wildman–Crippen MR) is 101 cm³/mol. The number of benzene rings is 1. The Kier molecular flexibility index (Phi) is 5.68. The largest absolute Gasteiger partial charge is 0.417 e. The summed E-state index contributed by atoms with van der Waals surface area (Å²) >= 11 is 0. The quantitative estimate of drug-likeness (QED) is 0.743. The molecule has 1 aliphatic carbocycles. The fourth-order valence-corrected chi connectivity index (χ4v) is 3.53. The highest BCUT2D eigenvalue weighted by Crippen LogP contribution is 2.33. The molecular formula is C21H20F3N3O. The molecule has 1 heterocycles. The van der Waals surface area contributed by atoms with Gasteiger partial charge in [-0.3, -0.25) is 14.4 Å².